The molecule has 0 saturated carbocycles. The Morgan fingerprint density at radius 1 is 1.33 bits per heavy atom. The lowest BCUT2D eigenvalue weighted by Crippen LogP contribution is -2.58. The van der Waals surface area contributed by atoms with Crippen LogP contribution in [0.2, 0.25) is 0 Å². The molecule has 0 aromatic carbocycles. The molecule has 2 aliphatic heterocycles. The van der Waals surface area contributed by atoms with Crippen LogP contribution in [0.25, 0.3) is 0 Å². The Balaban J connectivity index is 2.02. The number of nitrogens with one attached hydrogen (secondary N) is 1. The van der Waals surface area contributed by atoms with Crippen molar-refractivity contribution in [3.63, 3.8) is 0 Å². The fraction of sp³-hybridized carbons (Fsp3) is 1.00. The highest BCUT2D eigenvalue weighted by atomic mass is 16.3. The number of hydrogen-bond acceptors (Lipinski definition) is 3. The minimum Gasteiger partial charge on any atom is -0.392 e. The molecule has 2 bridgehead atoms. The van der Waals surface area contributed by atoms with Crippen molar-refractivity contribution in [2.45, 2.75) is 13.0 Å². The van der Waals surface area contributed by atoms with Gasteiger partial charge in [0.1, 0.15) is 0 Å². The van der Waals surface area contributed by atoms with Crippen molar-refractivity contribution >= 4 is 0 Å². The normalized spacial score (nSPS) is 43.0. The lowest BCUT2D eigenvalue weighted by Gasteiger charge is -2.45. The van der Waals surface area contributed by atoms with E-state index in [9.17, 15) is 5.11 Å². The van der Waals surface area contributed by atoms with Crippen molar-refractivity contribution in [2.75, 3.05) is 32.7 Å². The number of rotatable bonds is 1. The van der Waals surface area contributed by atoms with Gasteiger partial charge in [-0.1, -0.05) is 6.92 Å². The van der Waals surface area contributed by atoms with E-state index in [1.54, 1.807) is 0 Å². The van der Waals surface area contributed by atoms with Crippen LogP contribution in [0, 0.1) is 11.8 Å². The summed E-state index contributed by atoms with van der Waals surface area (Å²) in [7, 11) is 0. The minimum atomic E-state index is -0.0472. The molecule has 0 aromatic rings. The smallest absolute Gasteiger partial charge is 0.0645 e. The van der Waals surface area contributed by atoms with Gasteiger partial charge < -0.3 is 15.3 Å². The molecule has 2 fully saturated rings. The van der Waals surface area contributed by atoms with E-state index in [4.69, 9.17) is 0 Å². The third kappa shape index (κ3) is 1.37. The molecule has 0 radical (unpaired) electrons. The molecule has 2 saturated heterocycles. The van der Waals surface area contributed by atoms with Crippen molar-refractivity contribution < 1.29 is 5.11 Å². The molecular formula is C9H18N2O. The lowest BCUT2D eigenvalue weighted by atomic mass is 9.83. The predicted octanol–water partition coefficient (Wildman–Crippen LogP) is -0.482. The standard InChI is InChI=1S/C9H18N2O/c1-2-11-5-7-3-10-4-8(6-11)9(7)12/h7-10,12H,2-6H2,1H3. The molecule has 12 heavy (non-hydrogen) atoms. The van der Waals surface area contributed by atoms with Crippen molar-refractivity contribution in [3.8, 4) is 0 Å². The van der Waals surface area contributed by atoms with Crippen LogP contribution in [0.4, 0.5) is 0 Å². The van der Waals surface area contributed by atoms with Crippen LogP contribution in [0.15, 0.2) is 0 Å². The molecule has 2 rings (SSSR count). The molecule has 0 aromatic heterocycles. The lowest BCUT2D eigenvalue weighted by molar-refractivity contribution is -0.0382. The van der Waals surface area contributed by atoms with E-state index in [1.807, 2.05) is 0 Å². The highest BCUT2D eigenvalue weighted by Gasteiger charge is 2.37. The van der Waals surface area contributed by atoms with E-state index in [0.717, 1.165) is 32.7 Å². The number of aliphatic hydroxyl groups is 1. The first kappa shape index (κ1) is 8.48. The van der Waals surface area contributed by atoms with Crippen LogP contribution in [-0.2, 0) is 0 Å². The summed E-state index contributed by atoms with van der Waals surface area (Å²) in [6.07, 6.45) is -0.0472. The maximum atomic E-state index is 9.84. The Morgan fingerprint density at radius 3 is 2.42 bits per heavy atom. The van der Waals surface area contributed by atoms with E-state index < -0.39 is 0 Å². The molecule has 0 aliphatic carbocycles. The summed E-state index contributed by atoms with van der Waals surface area (Å²) in [5, 5.41) is 13.2. The molecule has 2 N–H and O–H groups in total. The number of aliphatic hydroxyl groups excluding tert-OH is 1. The highest BCUT2D eigenvalue weighted by Crippen LogP contribution is 2.24. The third-order valence-electron chi connectivity index (χ3n) is 3.21. The zero-order valence-electron chi connectivity index (χ0n) is 7.66. The molecule has 0 spiro atoms. The summed E-state index contributed by atoms with van der Waals surface area (Å²) >= 11 is 0. The summed E-state index contributed by atoms with van der Waals surface area (Å²) in [6.45, 7) is 7.45. The first-order chi connectivity index (χ1) is 5.81. The Morgan fingerprint density at radius 2 is 1.92 bits per heavy atom. The average Bonchev–Trinajstić information content (AvgIpc) is 2.04. The highest BCUT2D eigenvalue weighted by molar-refractivity contribution is 4.92. The van der Waals surface area contributed by atoms with Gasteiger partial charge >= 0.3 is 0 Å². The summed E-state index contributed by atoms with van der Waals surface area (Å²) in [5.41, 5.74) is 0. The fourth-order valence-electron chi connectivity index (χ4n) is 2.42. The number of likely N-dealkylation sites (tertiary alicyclic amines) is 1. The van der Waals surface area contributed by atoms with Crippen LogP contribution >= 0.6 is 0 Å². The monoisotopic (exact) mass is 170 g/mol. The first-order valence-corrected chi connectivity index (χ1v) is 4.92. The summed E-state index contributed by atoms with van der Waals surface area (Å²) in [6, 6.07) is 0. The van der Waals surface area contributed by atoms with Gasteiger partial charge in [0.05, 0.1) is 6.10 Å². The van der Waals surface area contributed by atoms with Crippen LogP contribution in [-0.4, -0.2) is 48.8 Å². The molecule has 2 heterocycles. The Bertz CT molecular complexity index is 149. The van der Waals surface area contributed by atoms with Gasteiger partial charge in [0.25, 0.3) is 0 Å². The van der Waals surface area contributed by atoms with Crippen molar-refractivity contribution in [3.05, 3.63) is 0 Å². The van der Waals surface area contributed by atoms with Gasteiger partial charge in [0.15, 0.2) is 0 Å². The molecular weight excluding hydrogens is 152 g/mol. The van der Waals surface area contributed by atoms with Crippen LogP contribution in [0.1, 0.15) is 6.92 Å². The first-order valence-electron chi connectivity index (χ1n) is 4.92. The average molecular weight is 170 g/mol. The molecule has 2 aliphatic rings. The molecule has 2 unspecified atom stereocenters. The van der Waals surface area contributed by atoms with Gasteiger partial charge in [0.2, 0.25) is 0 Å². The molecule has 2 atom stereocenters. The van der Waals surface area contributed by atoms with Crippen LogP contribution in [0.5, 0.6) is 0 Å². The molecule has 0 amide bonds. The zero-order chi connectivity index (χ0) is 8.55. The summed E-state index contributed by atoms with van der Waals surface area (Å²) in [5.74, 6) is 0.940. The zero-order valence-corrected chi connectivity index (χ0v) is 7.66. The second-order valence-corrected chi connectivity index (χ2v) is 4.02. The van der Waals surface area contributed by atoms with E-state index >= 15 is 0 Å². The predicted molar refractivity (Wildman–Crippen MR) is 48.0 cm³/mol. The van der Waals surface area contributed by atoms with Gasteiger partial charge in [-0.25, -0.2) is 0 Å². The third-order valence-corrected chi connectivity index (χ3v) is 3.21. The van der Waals surface area contributed by atoms with Gasteiger partial charge in [0, 0.05) is 38.0 Å². The fourth-order valence-corrected chi connectivity index (χ4v) is 2.42. The van der Waals surface area contributed by atoms with E-state index in [0.29, 0.717) is 11.8 Å². The van der Waals surface area contributed by atoms with Crippen LogP contribution in [0.3, 0.4) is 0 Å². The SMILES string of the molecule is CCN1CC2CNCC(C1)C2O. The Labute approximate surface area is 73.8 Å². The van der Waals surface area contributed by atoms with Gasteiger partial charge in [-0.05, 0) is 6.54 Å². The van der Waals surface area contributed by atoms with Crippen molar-refractivity contribution in [2.24, 2.45) is 11.8 Å². The second kappa shape index (κ2) is 3.32. The van der Waals surface area contributed by atoms with Gasteiger partial charge in [-0.2, -0.15) is 0 Å². The Kier molecular flexibility index (Phi) is 2.35. The number of nitrogens with zero attached hydrogens (tertiary/aromatic N) is 1. The molecule has 3 nitrogen and oxygen atoms in total. The van der Waals surface area contributed by atoms with Crippen LogP contribution < -0.4 is 5.32 Å². The summed E-state index contributed by atoms with van der Waals surface area (Å²) in [4.78, 5) is 2.45. The number of hydrogen-bond donors (Lipinski definition) is 2. The van der Waals surface area contributed by atoms with E-state index in [-0.39, 0.29) is 6.10 Å². The quantitative estimate of drug-likeness (QED) is 0.558. The molecule has 70 valence electrons. The Hall–Kier alpha value is -0.120. The van der Waals surface area contributed by atoms with Gasteiger partial charge in [-0.15, -0.1) is 0 Å². The van der Waals surface area contributed by atoms with E-state index in [1.165, 1.54) is 0 Å². The topological polar surface area (TPSA) is 35.5 Å². The van der Waals surface area contributed by atoms with Crippen molar-refractivity contribution in [1.29, 1.82) is 0 Å². The van der Waals surface area contributed by atoms with Crippen molar-refractivity contribution in [1.82, 2.24) is 10.2 Å². The maximum absolute atomic E-state index is 9.84. The number of piperidine rings is 2. The van der Waals surface area contributed by atoms with E-state index in [2.05, 4.69) is 17.1 Å². The maximum Gasteiger partial charge on any atom is 0.0645 e. The largest absolute Gasteiger partial charge is 0.392 e. The minimum absolute atomic E-state index is 0.0472. The molecule has 3 heteroatoms. The second-order valence-electron chi connectivity index (χ2n) is 4.02. The van der Waals surface area contributed by atoms with Gasteiger partial charge in [-0.3, -0.25) is 0 Å². The number of fused-ring (bicyclic) bond motifs is 2. The summed E-state index contributed by atoms with van der Waals surface area (Å²) < 4.78 is 0.